The first-order valence-corrected chi connectivity index (χ1v) is 6.77. The highest BCUT2D eigenvalue weighted by atomic mass is 79.9. The zero-order chi connectivity index (χ0) is 12.3. The highest BCUT2D eigenvalue weighted by Gasteiger charge is 2.15. The minimum absolute atomic E-state index is 0.0258. The van der Waals surface area contributed by atoms with Crippen LogP contribution in [0.4, 0.5) is 0 Å². The van der Waals surface area contributed by atoms with Crippen molar-refractivity contribution in [3.63, 3.8) is 0 Å². The summed E-state index contributed by atoms with van der Waals surface area (Å²) in [6, 6.07) is 3.85. The summed E-state index contributed by atoms with van der Waals surface area (Å²) >= 11 is 3.03. The van der Waals surface area contributed by atoms with Crippen molar-refractivity contribution in [3.05, 3.63) is 22.7 Å². The second-order valence-electron chi connectivity index (χ2n) is 3.31. The van der Waals surface area contributed by atoms with Gasteiger partial charge in [-0.15, -0.1) is 0 Å². The lowest BCUT2D eigenvalue weighted by molar-refractivity contribution is 0.198. The molecule has 1 rings (SSSR count). The molecule has 0 spiro atoms. The number of hydrogen-bond donors (Lipinski definition) is 3. The van der Waals surface area contributed by atoms with Gasteiger partial charge in [0, 0.05) is 6.54 Å². The molecule has 0 saturated carbocycles. The topological polar surface area (TPSA) is 86.6 Å². The number of rotatable bonds is 4. The molecule has 0 fully saturated rings. The Kier molecular flexibility index (Phi) is 4.31. The van der Waals surface area contributed by atoms with Crippen LogP contribution in [-0.4, -0.2) is 31.3 Å². The summed E-state index contributed by atoms with van der Waals surface area (Å²) < 4.78 is 25.9. The second kappa shape index (κ2) is 5.13. The fourth-order valence-corrected chi connectivity index (χ4v) is 2.65. The van der Waals surface area contributed by atoms with Gasteiger partial charge in [0.25, 0.3) is 0 Å². The lowest BCUT2D eigenvalue weighted by Crippen LogP contribution is -2.30. The second-order valence-corrected chi connectivity index (χ2v) is 5.94. The molecule has 0 unspecified atom stereocenters. The first kappa shape index (κ1) is 13.4. The predicted molar refractivity (Wildman–Crippen MR) is 62.7 cm³/mol. The molecule has 1 aromatic carbocycles. The van der Waals surface area contributed by atoms with Crippen molar-refractivity contribution in [2.75, 3.05) is 6.54 Å². The van der Waals surface area contributed by atoms with E-state index in [2.05, 4.69) is 20.7 Å². The van der Waals surface area contributed by atoms with Crippen LogP contribution >= 0.6 is 15.9 Å². The fourth-order valence-electron chi connectivity index (χ4n) is 0.968. The van der Waals surface area contributed by atoms with E-state index in [1.165, 1.54) is 25.1 Å². The highest BCUT2D eigenvalue weighted by Crippen LogP contribution is 2.26. The Hall–Kier alpha value is -0.630. The largest absolute Gasteiger partial charge is 0.507 e. The zero-order valence-electron chi connectivity index (χ0n) is 8.51. The highest BCUT2D eigenvalue weighted by molar-refractivity contribution is 9.10. The van der Waals surface area contributed by atoms with E-state index in [0.717, 1.165) is 0 Å². The molecule has 0 heterocycles. The third-order valence-corrected chi connectivity index (χ3v) is 3.85. The number of sulfonamides is 1. The molecule has 1 aromatic rings. The van der Waals surface area contributed by atoms with Gasteiger partial charge in [-0.25, -0.2) is 13.1 Å². The van der Waals surface area contributed by atoms with Crippen LogP contribution in [0.3, 0.4) is 0 Å². The number of phenolic OH excluding ortho intramolecular Hbond substituents is 1. The van der Waals surface area contributed by atoms with Gasteiger partial charge in [0.05, 0.1) is 15.5 Å². The standard InChI is InChI=1S/C9H12BrNO4S/c1-6(12)5-11-16(14,15)7-2-3-9(13)8(10)4-7/h2-4,6,11-13H,5H2,1H3/t6-/m1/s1. The number of aliphatic hydroxyl groups excluding tert-OH is 1. The number of hydrogen-bond acceptors (Lipinski definition) is 4. The van der Waals surface area contributed by atoms with E-state index in [4.69, 9.17) is 5.11 Å². The minimum atomic E-state index is -3.65. The Morgan fingerprint density at radius 2 is 2.12 bits per heavy atom. The molecule has 0 saturated heterocycles. The van der Waals surface area contributed by atoms with Crippen LogP contribution in [0.5, 0.6) is 5.75 Å². The third-order valence-electron chi connectivity index (χ3n) is 1.80. The maximum absolute atomic E-state index is 11.7. The summed E-state index contributed by atoms with van der Waals surface area (Å²) in [5, 5.41) is 18.2. The van der Waals surface area contributed by atoms with Crippen LogP contribution in [0.15, 0.2) is 27.6 Å². The molecule has 16 heavy (non-hydrogen) atoms. The van der Waals surface area contributed by atoms with Gasteiger partial charge in [0.15, 0.2) is 0 Å². The summed E-state index contributed by atoms with van der Waals surface area (Å²) in [6.07, 6.45) is -0.754. The molecule has 5 nitrogen and oxygen atoms in total. The van der Waals surface area contributed by atoms with Gasteiger partial charge >= 0.3 is 0 Å². The summed E-state index contributed by atoms with van der Waals surface area (Å²) in [6.45, 7) is 1.43. The van der Waals surface area contributed by atoms with E-state index < -0.39 is 16.1 Å². The first-order valence-electron chi connectivity index (χ1n) is 4.49. The maximum Gasteiger partial charge on any atom is 0.240 e. The molecule has 90 valence electrons. The SMILES string of the molecule is C[C@@H](O)CNS(=O)(=O)c1ccc(O)c(Br)c1. The van der Waals surface area contributed by atoms with Crippen molar-refractivity contribution in [1.82, 2.24) is 4.72 Å². The van der Waals surface area contributed by atoms with Crippen LogP contribution in [-0.2, 0) is 10.0 Å². The summed E-state index contributed by atoms with van der Waals surface area (Å²) in [4.78, 5) is 0.0258. The van der Waals surface area contributed by atoms with Crippen molar-refractivity contribution in [2.45, 2.75) is 17.9 Å². The average Bonchev–Trinajstić information content (AvgIpc) is 2.19. The van der Waals surface area contributed by atoms with E-state index in [0.29, 0.717) is 4.47 Å². The molecule has 0 aliphatic heterocycles. The van der Waals surface area contributed by atoms with Gasteiger partial charge in [-0.2, -0.15) is 0 Å². The van der Waals surface area contributed by atoms with Crippen LogP contribution in [0, 0.1) is 0 Å². The lowest BCUT2D eigenvalue weighted by Gasteiger charge is -2.08. The van der Waals surface area contributed by atoms with Crippen molar-refractivity contribution < 1.29 is 18.6 Å². The normalized spacial score (nSPS) is 13.7. The predicted octanol–water partition coefficient (Wildman–Crippen LogP) is 0.814. The Labute approximate surface area is 102 Å². The van der Waals surface area contributed by atoms with E-state index in [1.54, 1.807) is 0 Å². The van der Waals surface area contributed by atoms with Gasteiger partial charge in [0.2, 0.25) is 10.0 Å². The zero-order valence-corrected chi connectivity index (χ0v) is 10.9. The molecule has 0 bridgehead atoms. The molecule has 1 atom stereocenters. The summed E-state index contributed by atoms with van der Waals surface area (Å²) in [7, 11) is -3.65. The number of benzene rings is 1. The Morgan fingerprint density at radius 1 is 1.50 bits per heavy atom. The molecule has 7 heteroatoms. The molecule has 0 amide bonds. The van der Waals surface area contributed by atoms with Crippen LogP contribution in [0.25, 0.3) is 0 Å². The van der Waals surface area contributed by atoms with Crippen LogP contribution in [0.1, 0.15) is 6.92 Å². The van der Waals surface area contributed by atoms with Gasteiger partial charge in [-0.1, -0.05) is 0 Å². The number of halogens is 1. The van der Waals surface area contributed by atoms with Gasteiger partial charge in [-0.3, -0.25) is 0 Å². The van der Waals surface area contributed by atoms with E-state index >= 15 is 0 Å². The molecule has 0 aliphatic carbocycles. The van der Waals surface area contributed by atoms with Crippen molar-refractivity contribution in [1.29, 1.82) is 0 Å². The van der Waals surface area contributed by atoms with Crippen molar-refractivity contribution in [3.8, 4) is 5.75 Å². The molecule has 0 aromatic heterocycles. The number of aliphatic hydroxyl groups is 1. The number of phenols is 1. The molecular weight excluding hydrogens is 298 g/mol. The number of aromatic hydroxyl groups is 1. The third kappa shape index (κ3) is 3.44. The molecule has 3 N–H and O–H groups in total. The van der Waals surface area contributed by atoms with E-state index in [9.17, 15) is 13.5 Å². The average molecular weight is 310 g/mol. The van der Waals surface area contributed by atoms with Crippen molar-refractivity contribution >= 4 is 26.0 Å². The van der Waals surface area contributed by atoms with Crippen molar-refractivity contribution in [2.24, 2.45) is 0 Å². The number of nitrogens with one attached hydrogen (secondary N) is 1. The Morgan fingerprint density at radius 3 is 2.62 bits per heavy atom. The van der Waals surface area contributed by atoms with E-state index in [1.807, 2.05) is 0 Å². The monoisotopic (exact) mass is 309 g/mol. The quantitative estimate of drug-likeness (QED) is 0.768. The fraction of sp³-hybridized carbons (Fsp3) is 0.333. The van der Waals surface area contributed by atoms with Gasteiger partial charge in [0.1, 0.15) is 5.75 Å². The van der Waals surface area contributed by atoms with Crippen LogP contribution in [0.2, 0.25) is 0 Å². The van der Waals surface area contributed by atoms with E-state index in [-0.39, 0.29) is 17.2 Å². The smallest absolute Gasteiger partial charge is 0.240 e. The molecular formula is C9H12BrNO4S. The van der Waals surface area contributed by atoms with Gasteiger partial charge < -0.3 is 10.2 Å². The Balaban J connectivity index is 2.94. The summed E-state index contributed by atoms with van der Waals surface area (Å²) in [5.74, 6) is -0.0329. The van der Waals surface area contributed by atoms with Crippen LogP contribution < -0.4 is 4.72 Å². The Bertz CT molecular complexity index is 472. The van der Waals surface area contributed by atoms with Gasteiger partial charge in [-0.05, 0) is 41.1 Å². The molecule has 0 aliphatic rings. The minimum Gasteiger partial charge on any atom is -0.507 e. The lowest BCUT2D eigenvalue weighted by atomic mass is 10.3. The first-order chi connectivity index (χ1) is 7.33. The maximum atomic E-state index is 11.7. The molecule has 0 radical (unpaired) electrons. The summed E-state index contributed by atoms with van der Waals surface area (Å²) in [5.41, 5.74) is 0.